The van der Waals surface area contributed by atoms with Crippen molar-refractivity contribution >= 4 is 16.8 Å². The molecule has 0 aliphatic heterocycles. The molecular formula is C19H26N2O3. The summed E-state index contributed by atoms with van der Waals surface area (Å²) < 4.78 is 0. The smallest absolute Gasteiger partial charge is 0.257 e. The molecule has 2 rings (SSSR count). The fourth-order valence-electron chi connectivity index (χ4n) is 2.82. The zero-order valence-corrected chi connectivity index (χ0v) is 14.7. The molecule has 0 saturated carbocycles. The van der Waals surface area contributed by atoms with Gasteiger partial charge in [-0.05, 0) is 23.5 Å². The molecule has 1 aromatic heterocycles. The Morgan fingerprint density at radius 1 is 1.29 bits per heavy atom. The van der Waals surface area contributed by atoms with Gasteiger partial charge < -0.3 is 15.4 Å². The topological polar surface area (TPSA) is 82.2 Å². The van der Waals surface area contributed by atoms with E-state index in [0.717, 1.165) is 17.5 Å². The molecule has 0 aliphatic rings. The van der Waals surface area contributed by atoms with E-state index in [1.54, 1.807) is 6.07 Å². The number of fused-ring (bicyclic) bond motifs is 1. The number of aliphatic hydroxyl groups is 1. The summed E-state index contributed by atoms with van der Waals surface area (Å²) in [6, 6.07) is 5.19. The van der Waals surface area contributed by atoms with Crippen LogP contribution >= 0.6 is 0 Å². The average Bonchev–Trinajstić information content (AvgIpc) is 2.58. The Balaban J connectivity index is 2.42. The van der Waals surface area contributed by atoms with Crippen LogP contribution in [0.4, 0.5) is 0 Å². The maximum Gasteiger partial charge on any atom is 0.257 e. The third-order valence-corrected chi connectivity index (χ3v) is 4.66. The maximum atomic E-state index is 12.7. The molecule has 0 aliphatic carbocycles. The van der Waals surface area contributed by atoms with Crippen LogP contribution in [0.2, 0.25) is 0 Å². The zero-order valence-electron chi connectivity index (χ0n) is 14.7. The second-order valence-electron chi connectivity index (χ2n) is 6.60. The van der Waals surface area contributed by atoms with E-state index in [1.807, 2.05) is 26.0 Å². The maximum absolute atomic E-state index is 12.7. The van der Waals surface area contributed by atoms with Crippen molar-refractivity contribution < 1.29 is 9.90 Å². The standard InChI is InChI=1S/C19H26N2O3/c1-5-12(4)16(10-22)21-19(24)15-9-20-17-13(11(2)3)7-6-8-14(17)18(15)23/h6-9,11-12,16,22H,5,10H2,1-4H3,(H,20,23)(H,21,24)/t12-,16+/m0/s1. The van der Waals surface area contributed by atoms with E-state index in [1.165, 1.54) is 6.20 Å². The van der Waals surface area contributed by atoms with E-state index < -0.39 is 5.91 Å². The fourth-order valence-corrected chi connectivity index (χ4v) is 2.82. The van der Waals surface area contributed by atoms with Gasteiger partial charge in [0.15, 0.2) is 0 Å². The largest absolute Gasteiger partial charge is 0.394 e. The lowest BCUT2D eigenvalue weighted by atomic mass is 9.98. The lowest BCUT2D eigenvalue weighted by Gasteiger charge is -2.22. The third-order valence-electron chi connectivity index (χ3n) is 4.66. The number of aromatic nitrogens is 1. The van der Waals surface area contributed by atoms with Crippen LogP contribution in [0.5, 0.6) is 0 Å². The summed E-state index contributed by atoms with van der Waals surface area (Å²) in [5.41, 5.74) is 1.61. The van der Waals surface area contributed by atoms with Crippen LogP contribution in [0, 0.1) is 5.92 Å². The van der Waals surface area contributed by atoms with E-state index >= 15 is 0 Å². The zero-order chi connectivity index (χ0) is 17.9. The minimum atomic E-state index is -0.451. The van der Waals surface area contributed by atoms with Gasteiger partial charge in [0, 0.05) is 11.6 Å². The van der Waals surface area contributed by atoms with Gasteiger partial charge in [-0.25, -0.2) is 0 Å². The van der Waals surface area contributed by atoms with Gasteiger partial charge in [-0.15, -0.1) is 0 Å². The molecular weight excluding hydrogens is 304 g/mol. The highest BCUT2D eigenvalue weighted by Gasteiger charge is 2.21. The lowest BCUT2D eigenvalue weighted by molar-refractivity contribution is 0.0890. The van der Waals surface area contributed by atoms with Gasteiger partial charge in [0.25, 0.3) is 5.91 Å². The van der Waals surface area contributed by atoms with Gasteiger partial charge in [-0.3, -0.25) is 9.59 Å². The molecule has 130 valence electrons. The van der Waals surface area contributed by atoms with Crippen LogP contribution in [0.3, 0.4) is 0 Å². The van der Waals surface area contributed by atoms with Crippen LogP contribution < -0.4 is 10.7 Å². The lowest BCUT2D eigenvalue weighted by Crippen LogP contribution is -2.43. The van der Waals surface area contributed by atoms with Gasteiger partial charge in [0.1, 0.15) is 5.56 Å². The van der Waals surface area contributed by atoms with Crippen LogP contribution in [0.1, 0.15) is 56.0 Å². The number of carbonyl (C=O) groups is 1. The van der Waals surface area contributed by atoms with E-state index in [9.17, 15) is 14.7 Å². The normalized spacial score (nSPS) is 13.9. The van der Waals surface area contributed by atoms with Crippen LogP contribution in [-0.4, -0.2) is 28.6 Å². The van der Waals surface area contributed by atoms with Gasteiger partial charge >= 0.3 is 0 Å². The van der Waals surface area contributed by atoms with Crippen molar-refractivity contribution in [3.8, 4) is 0 Å². The van der Waals surface area contributed by atoms with Crippen molar-refractivity contribution in [2.45, 2.75) is 46.1 Å². The molecule has 5 nitrogen and oxygen atoms in total. The number of amides is 1. The molecule has 2 aromatic rings. The highest BCUT2D eigenvalue weighted by atomic mass is 16.3. The highest BCUT2D eigenvalue weighted by Crippen LogP contribution is 2.22. The van der Waals surface area contributed by atoms with Crippen molar-refractivity contribution in [2.75, 3.05) is 6.61 Å². The van der Waals surface area contributed by atoms with E-state index in [-0.39, 0.29) is 35.5 Å². The molecule has 1 aromatic carbocycles. The molecule has 3 N–H and O–H groups in total. The van der Waals surface area contributed by atoms with Gasteiger partial charge in [-0.1, -0.05) is 46.2 Å². The molecule has 0 bridgehead atoms. The van der Waals surface area contributed by atoms with Gasteiger partial charge in [-0.2, -0.15) is 0 Å². The number of hydrogen-bond donors (Lipinski definition) is 3. The number of rotatable bonds is 6. The summed E-state index contributed by atoms with van der Waals surface area (Å²) in [7, 11) is 0. The number of pyridine rings is 1. The second-order valence-corrected chi connectivity index (χ2v) is 6.60. The van der Waals surface area contributed by atoms with E-state index in [0.29, 0.717) is 5.39 Å². The molecule has 1 amide bonds. The number of aromatic amines is 1. The Morgan fingerprint density at radius 2 is 2.00 bits per heavy atom. The Labute approximate surface area is 142 Å². The number of H-pyrrole nitrogens is 1. The minimum Gasteiger partial charge on any atom is -0.394 e. The number of para-hydroxylation sites is 1. The Morgan fingerprint density at radius 3 is 2.58 bits per heavy atom. The fraction of sp³-hybridized carbons (Fsp3) is 0.474. The van der Waals surface area contributed by atoms with Crippen molar-refractivity contribution in [3.05, 3.63) is 45.7 Å². The molecule has 24 heavy (non-hydrogen) atoms. The minimum absolute atomic E-state index is 0.0742. The first kappa shape index (κ1) is 18.2. The van der Waals surface area contributed by atoms with Crippen LogP contribution in [0.15, 0.2) is 29.2 Å². The summed E-state index contributed by atoms with van der Waals surface area (Å²) in [6.45, 7) is 7.93. The van der Waals surface area contributed by atoms with Crippen LogP contribution in [0.25, 0.3) is 10.9 Å². The molecule has 1 heterocycles. The first-order chi connectivity index (χ1) is 11.4. The first-order valence-electron chi connectivity index (χ1n) is 8.46. The van der Waals surface area contributed by atoms with Crippen molar-refractivity contribution in [1.82, 2.24) is 10.3 Å². The molecule has 2 atom stereocenters. The number of carbonyl (C=O) groups excluding carboxylic acids is 1. The molecule has 0 saturated heterocycles. The number of hydrogen-bond acceptors (Lipinski definition) is 3. The number of benzene rings is 1. The predicted octanol–water partition coefficient (Wildman–Crippen LogP) is 2.79. The van der Waals surface area contributed by atoms with E-state index in [2.05, 4.69) is 24.1 Å². The third kappa shape index (κ3) is 3.51. The Bertz CT molecular complexity index is 780. The number of nitrogens with one attached hydrogen (secondary N) is 2. The molecule has 0 fully saturated rings. The van der Waals surface area contributed by atoms with Gasteiger partial charge in [0.05, 0.1) is 18.2 Å². The number of aliphatic hydroxyl groups excluding tert-OH is 1. The summed E-state index contributed by atoms with van der Waals surface area (Å²) >= 11 is 0. The molecule has 0 unspecified atom stereocenters. The Kier molecular flexibility index (Phi) is 5.78. The summed E-state index contributed by atoms with van der Waals surface area (Å²) in [4.78, 5) is 28.3. The predicted molar refractivity (Wildman–Crippen MR) is 96.5 cm³/mol. The summed E-state index contributed by atoms with van der Waals surface area (Å²) in [5, 5.41) is 12.7. The van der Waals surface area contributed by atoms with E-state index in [4.69, 9.17) is 0 Å². The summed E-state index contributed by atoms with van der Waals surface area (Å²) in [5.74, 6) is -0.0494. The quantitative estimate of drug-likeness (QED) is 0.761. The van der Waals surface area contributed by atoms with Crippen LogP contribution in [-0.2, 0) is 0 Å². The van der Waals surface area contributed by atoms with Crippen molar-refractivity contribution in [3.63, 3.8) is 0 Å². The van der Waals surface area contributed by atoms with Crippen molar-refractivity contribution in [1.29, 1.82) is 0 Å². The first-order valence-corrected chi connectivity index (χ1v) is 8.46. The van der Waals surface area contributed by atoms with Gasteiger partial charge in [0.2, 0.25) is 5.43 Å². The van der Waals surface area contributed by atoms with Crippen molar-refractivity contribution in [2.24, 2.45) is 5.92 Å². The second kappa shape index (κ2) is 7.62. The molecule has 5 heteroatoms. The highest BCUT2D eigenvalue weighted by molar-refractivity contribution is 5.97. The molecule has 0 spiro atoms. The Hall–Kier alpha value is -2.14. The summed E-state index contributed by atoms with van der Waals surface area (Å²) in [6.07, 6.45) is 2.30. The SMILES string of the molecule is CC[C@H](C)[C@@H](CO)NC(=O)c1c[nH]c2c(C(C)C)cccc2c1=O. The average molecular weight is 330 g/mol. The monoisotopic (exact) mass is 330 g/mol. The molecule has 0 radical (unpaired) electrons.